The van der Waals surface area contributed by atoms with Crippen molar-refractivity contribution in [2.24, 2.45) is 11.7 Å². The zero-order chi connectivity index (χ0) is 31.1. The highest BCUT2D eigenvalue weighted by Crippen LogP contribution is 2.44. The van der Waals surface area contributed by atoms with Crippen molar-refractivity contribution in [3.8, 4) is 11.1 Å². The first-order valence-electron chi connectivity index (χ1n) is 14.1. The zero-order valence-corrected chi connectivity index (χ0v) is 24.0. The molecule has 2 aromatic carbocycles. The number of amides is 6. The third-order valence-electron chi connectivity index (χ3n) is 7.32. The minimum atomic E-state index is -1.30. The van der Waals surface area contributed by atoms with Crippen LogP contribution in [0.5, 0.6) is 0 Å². The Kier molecular flexibility index (Phi) is 9.96. The fourth-order valence-corrected chi connectivity index (χ4v) is 5.14. The Morgan fingerprint density at radius 1 is 0.930 bits per heavy atom. The van der Waals surface area contributed by atoms with Gasteiger partial charge < -0.3 is 31.3 Å². The molecular weight excluding hydrogens is 558 g/mol. The van der Waals surface area contributed by atoms with Crippen LogP contribution in [0.1, 0.15) is 56.6 Å². The molecule has 2 aliphatic rings. The van der Waals surface area contributed by atoms with Gasteiger partial charge in [-0.1, -0.05) is 62.4 Å². The normalized spacial score (nSPS) is 15.4. The van der Waals surface area contributed by atoms with Gasteiger partial charge in [-0.15, -0.1) is 5.06 Å². The predicted octanol–water partition coefficient (Wildman–Crippen LogP) is 2.09. The average molecular weight is 594 g/mol. The Balaban J connectivity index is 1.39. The summed E-state index contributed by atoms with van der Waals surface area (Å²) in [5.74, 6) is -3.66. The molecule has 0 aromatic heterocycles. The van der Waals surface area contributed by atoms with Crippen molar-refractivity contribution >= 4 is 35.8 Å². The molecule has 5 N–H and O–H groups in total. The number of carbonyl (C=O) groups excluding carboxylic acids is 6. The van der Waals surface area contributed by atoms with Gasteiger partial charge in [-0.3, -0.25) is 14.4 Å². The van der Waals surface area contributed by atoms with Crippen LogP contribution in [0.3, 0.4) is 0 Å². The highest BCUT2D eigenvalue weighted by atomic mass is 16.7. The molecule has 0 bridgehead atoms. The number of alkyl carbamates (subject to hydrolysis) is 1. The number of hydroxylamine groups is 2. The van der Waals surface area contributed by atoms with Gasteiger partial charge in [0.25, 0.3) is 11.8 Å². The van der Waals surface area contributed by atoms with Gasteiger partial charge in [0.2, 0.25) is 5.91 Å². The topological polar surface area (TPSA) is 186 Å². The molecule has 13 nitrogen and oxygen atoms in total. The van der Waals surface area contributed by atoms with Crippen LogP contribution in [0.15, 0.2) is 48.5 Å². The van der Waals surface area contributed by atoms with Gasteiger partial charge in [0, 0.05) is 25.3 Å². The van der Waals surface area contributed by atoms with Crippen LogP contribution in [0.4, 0.5) is 9.59 Å². The van der Waals surface area contributed by atoms with E-state index in [1.165, 1.54) is 0 Å². The number of hydrogen-bond donors (Lipinski definition) is 4. The van der Waals surface area contributed by atoms with Crippen LogP contribution in [-0.4, -0.2) is 66.1 Å². The molecule has 1 aliphatic heterocycles. The Bertz CT molecular complexity index is 1350. The van der Waals surface area contributed by atoms with E-state index in [0.29, 0.717) is 5.06 Å². The van der Waals surface area contributed by atoms with Crippen LogP contribution >= 0.6 is 0 Å². The van der Waals surface area contributed by atoms with E-state index >= 15 is 0 Å². The van der Waals surface area contributed by atoms with E-state index in [2.05, 4.69) is 16.0 Å². The lowest BCUT2D eigenvalue weighted by Crippen LogP contribution is -2.54. The third kappa shape index (κ3) is 7.48. The second-order valence-electron chi connectivity index (χ2n) is 10.7. The van der Waals surface area contributed by atoms with Gasteiger partial charge in [0.15, 0.2) is 0 Å². The standard InChI is InChI=1S/C30H35N5O8/c1-17(2)26(34-30(41)42-16-22-20-10-5-3-8-18(20)19-9-4-6-11-21(19)22)27(38)33-23(12-7-15-32-29(31)40)28(39)43-35-24(36)13-14-25(35)37/h3-6,8-11,17,22-23,26H,7,12-16H2,1-2H3,(H,33,38)(H,34,41)(H3,31,32,40)/t23-,26-/m0/s1. The third-order valence-corrected chi connectivity index (χ3v) is 7.32. The molecule has 0 radical (unpaired) electrons. The molecule has 1 saturated heterocycles. The Hall–Kier alpha value is -4.94. The summed E-state index contributed by atoms with van der Waals surface area (Å²) in [5.41, 5.74) is 9.31. The van der Waals surface area contributed by atoms with E-state index in [1.54, 1.807) is 13.8 Å². The van der Waals surface area contributed by atoms with Crippen molar-refractivity contribution in [3.63, 3.8) is 0 Å². The molecule has 1 aliphatic carbocycles. The summed E-state index contributed by atoms with van der Waals surface area (Å²) in [4.78, 5) is 79.0. The van der Waals surface area contributed by atoms with E-state index < -0.39 is 53.8 Å². The summed E-state index contributed by atoms with van der Waals surface area (Å²) in [5, 5.41) is 7.89. The second-order valence-corrected chi connectivity index (χ2v) is 10.7. The lowest BCUT2D eigenvalue weighted by atomic mass is 9.98. The van der Waals surface area contributed by atoms with Gasteiger partial charge in [0.05, 0.1) is 0 Å². The zero-order valence-electron chi connectivity index (χ0n) is 24.0. The van der Waals surface area contributed by atoms with E-state index in [4.69, 9.17) is 15.3 Å². The first-order chi connectivity index (χ1) is 20.6. The quantitative estimate of drug-likeness (QED) is 0.213. The Labute approximate surface area is 248 Å². The molecule has 0 unspecified atom stereocenters. The van der Waals surface area contributed by atoms with Crippen LogP contribution in [0.25, 0.3) is 11.1 Å². The number of fused-ring (bicyclic) bond motifs is 3. The van der Waals surface area contributed by atoms with E-state index in [-0.39, 0.29) is 44.8 Å². The molecule has 0 saturated carbocycles. The number of rotatable bonds is 12. The van der Waals surface area contributed by atoms with Gasteiger partial charge >= 0.3 is 18.1 Å². The fraction of sp³-hybridized carbons (Fsp3) is 0.400. The van der Waals surface area contributed by atoms with Gasteiger partial charge in [-0.2, -0.15) is 0 Å². The van der Waals surface area contributed by atoms with Crippen LogP contribution in [-0.2, 0) is 28.8 Å². The Morgan fingerprint density at radius 2 is 1.51 bits per heavy atom. The van der Waals surface area contributed by atoms with Crippen LogP contribution in [0, 0.1) is 5.92 Å². The van der Waals surface area contributed by atoms with Crippen LogP contribution < -0.4 is 21.7 Å². The highest BCUT2D eigenvalue weighted by Gasteiger charge is 2.37. The number of urea groups is 1. The SMILES string of the molecule is CC(C)[C@H](NC(=O)OCC1c2ccccc2-c2ccccc21)C(=O)N[C@@H](CCCNC(N)=O)C(=O)ON1C(=O)CCC1=O. The maximum absolute atomic E-state index is 13.3. The highest BCUT2D eigenvalue weighted by molar-refractivity contribution is 6.02. The van der Waals surface area contributed by atoms with Crippen molar-refractivity contribution in [1.82, 2.24) is 21.0 Å². The number of benzene rings is 2. The maximum atomic E-state index is 13.3. The summed E-state index contributed by atoms with van der Waals surface area (Å²) in [7, 11) is 0. The fourth-order valence-electron chi connectivity index (χ4n) is 5.14. The molecule has 43 heavy (non-hydrogen) atoms. The number of primary amides is 1. The van der Waals surface area contributed by atoms with Crippen molar-refractivity contribution in [1.29, 1.82) is 0 Å². The molecule has 2 aromatic rings. The monoisotopic (exact) mass is 593 g/mol. The maximum Gasteiger partial charge on any atom is 0.407 e. The van der Waals surface area contributed by atoms with Crippen molar-refractivity contribution in [3.05, 3.63) is 59.7 Å². The summed E-state index contributed by atoms with van der Waals surface area (Å²) in [6.45, 7) is 3.56. The summed E-state index contributed by atoms with van der Waals surface area (Å²) in [6, 6.07) is 12.6. The number of hydrogen-bond acceptors (Lipinski definition) is 8. The molecule has 2 atom stereocenters. The first-order valence-corrected chi connectivity index (χ1v) is 14.1. The van der Waals surface area contributed by atoms with E-state index in [9.17, 15) is 28.8 Å². The number of nitrogens with zero attached hydrogens (tertiary/aromatic N) is 1. The number of nitrogens with two attached hydrogens (primary N) is 1. The molecular formula is C30H35N5O8. The first kappa shape index (κ1) is 31.0. The molecule has 13 heteroatoms. The average Bonchev–Trinajstić information content (AvgIpc) is 3.47. The lowest BCUT2D eigenvalue weighted by molar-refractivity contribution is -0.199. The van der Waals surface area contributed by atoms with Crippen molar-refractivity contribution in [2.45, 2.75) is 57.5 Å². The smallest absolute Gasteiger partial charge is 0.407 e. The predicted molar refractivity (Wildman–Crippen MR) is 153 cm³/mol. The summed E-state index contributed by atoms with van der Waals surface area (Å²) >= 11 is 0. The Morgan fingerprint density at radius 3 is 2.07 bits per heavy atom. The van der Waals surface area contributed by atoms with Crippen LogP contribution in [0.2, 0.25) is 0 Å². The lowest BCUT2D eigenvalue weighted by Gasteiger charge is -2.25. The molecule has 6 amide bonds. The largest absolute Gasteiger partial charge is 0.449 e. The van der Waals surface area contributed by atoms with Gasteiger partial charge in [-0.05, 0) is 41.0 Å². The molecule has 1 heterocycles. The molecule has 1 fully saturated rings. The molecule has 4 rings (SSSR count). The molecule has 228 valence electrons. The second kappa shape index (κ2) is 13.8. The van der Waals surface area contributed by atoms with Crippen molar-refractivity contribution < 1.29 is 38.3 Å². The number of carbonyl (C=O) groups is 6. The molecule has 0 spiro atoms. The minimum absolute atomic E-state index is 0.0170. The summed E-state index contributed by atoms with van der Waals surface area (Å²) < 4.78 is 5.58. The van der Waals surface area contributed by atoms with Gasteiger partial charge in [-0.25, -0.2) is 14.4 Å². The number of nitrogens with one attached hydrogen (secondary N) is 3. The van der Waals surface area contributed by atoms with Gasteiger partial charge in [0.1, 0.15) is 18.7 Å². The summed E-state index contributed by atoms with van der Waals surface area (Å²) in [6.07, 6.45) is -0.807. The van der Waals surface area contributed by atoms with E-state index in [1.807, 2.05) is 48.5 Å². The van der Waals surface area contributed by atoms with E-state index in [0.717, 1.165) is 22.3 Å². The number of imide groups is 1. The van der Waals surface area contributed by atoms with Crippen molar-refractivity contribution in [2.75, 3.05) is 13.2 Å². The number of ether oxygens (including phenoxy) is 1. The minimum Gasteiger partial charge on any atom is -0.449 e.